The monoisotopic (exact) mass is 457 g/mol. The zero-order chi connectivity index (χ0) is 22.6. The molecule has 0 unspecified atom stereocenters. The maximum Gasteiger partial charge on any atom is 0.261 e. The first-order valence-corrected chi connectivity index (χ1v) is 11.1. The van der Waals surface area contributed by atoms with E-state index < -0.39 is 15.9 Å². The second-order valence-corrected chi connectivity index (χ2v) is 8.92. The molecule has 0 bridgehead atoms. The molecule has 0 aromatic heterocycles. The van der Waals surface area contributed by atoms with Crippen LogP contribution in [0, 0.1) is 6.92 Å². The van der Waals surface area contributed by atoms with E-state index in [2.05, 4.69) is 15.4 Å². The fourth-order valence-electron chi connectivity index (χ4n) is 2.70. The highest BCUT2D eigenvalue weighted by molar-refractivity contribution is 7.92. The smallest absolute Gasteiger partial charge is 0.261 e. The van der Waals surface area contributed by atoms with Crippen molar-refractivity contribution in [3.8, 4) is 0 Å². The van der Waals surface area contributed by atoms with Crippen molar-refractivity contribution in [3.63, 3.8) is 0 Å². The lowest BCUT2D eigenvalue weighted by Crippen LogP contribution is -2.15. The van der Waals surface area contributed by atoms with E-state index in [1.807, 2.05) is 6.92 Å². The quantitative estimate of drug-likeness (QED) is 0.500. The number of amides is 2. The highest BCUT2D eigenvalue weighted by Crippen LogP contribution is 2.26. The number of hydrogen-bond donors (Lipinski definition) is 3. The summed E-state index contributed by atoms with van der Waals surface area (Å²) in [6, 6.07) is 17.3. The third-order valence-electron chi connectivity index (χ3n) is 4.27. The Bertz CT molecular complexity index is 1220. The van der Waals surface area contributed by atoms with E-state index in [1.54, 1.807) is 36.4 Å². The van der Waals surface area contributed by atoms with Gasteiger partial charge < -0.3 is 10.6 Å². The van der Waals surface area contributed by atoms with Crippen LogP contribution in [0.15, 0.2) is 71.6 Å². The molecule has 0 fully saturated rings. The van der Waals surface area contributed by atoms with E-state index >= 15 is 0 Å². The molecule has 7 nitrogen and oxygen atoms in total. The number of sulfonamides is 1. The molecule has 0 spiro atoms. The van der Waals surface area contributed by atoms with Gasteiger partial charge in [0.15, 0.2) is 0 Å². The number of aryl methyl sites for hydroxylation is 1. The molecule has 3 rings (SSSR count). The predicted octanol–water partition coefficient (Wildman–Crippen LogP) is 4.66. The van der Waals surface area contributed by atoms with Gasteiger partial charge in [-0.2, -0.15) is 0 Å². The zero-order valence-electron chi connectivity index (χ0n) is 16.8. The molecule has 160 valence electrons. The normalized spacial score (nSPS) is 10.9. The fourth-order valence-corrected chi connectivity index (χ4v) is 4.07. The van der Waals surface area contributed by atoms with Gasteiger partial charge in [0.25, 0.3) is 15.9 Å². The van der Waals surface area contributed by atoms with Gasteiger partial charge in [0.2, 0.25) is 5.91 Å². The summed E-state index contributed by atoms with van der Waals surface area (Å²) in [6.45, 7) is 3.27. The van der Waals surface area contributed by atoms with Crippen LogP contribution < -0.4 is 15.4 Å². The van der Waals surface area contributed by atoms with Gasteiger partial charge >= 0.3 is 0 Å². The van der Waals surface area contributed by atoms with Crippen molar-refractivity contribution < 1.29 is 18.0 Å². The molecular weight excluding hydrogens is 438 g/mol. The van der Waals surface area contributed by atoms with E-state index in [4.69, 9.17) is 11.6 Å². The van der Waals surface area contributed by atoms with E-state index in [0.717, 1.165) is 5.56 Å². The summed E-state index contributed by atoms with van der Waals surface area (Å²) in [5.41, 5.74) is 2.50. The van der Waals surface area contributed by atoms with Gasteiger partial charge in [0.05, 0.1) is 15.6 Å². The summed E-state index contributed by atoms with van der Waals surface area (Å²) in [5, 5.41) is 5.44. The lowest BCUT2D eigenvalue weighted by Gasteiger charge is -2.12. The van der Waals surface area contributed by atoms with E-state index in [1.165, 1.54) is 37.3 Å². The van der Waals surface area contributed by atoms with E-state index in [-0.39, 0.29) is 27.1 Å². The predicted molar refractivity (Wildman–Crippen MR) is 122 cm³/mol. The molecule has 0 radical (unpaired) electrons. The molecule has 31 heavy (non-hydrogen) atoms. The molecule has 0 saturated heterocycles. The Morgan fingerprint density at radius 2 is 1.42 bits per heavy atom. The van der Waals surface area contributed by atoms with Crippen LogP contribution in [0.25, 0.3) is 0 Å². The minimum atomic E-state index is -3.81. The highest BCUT2D eigenvalue weighted by atomic mass is 35.5. The van der Waals surface area contributed by atoms with E-state index in [9.17, 15) is 18.0 Å². The van der Waals surface area contributed by atoms with E-state index in [0.29, 0.717) is 11.4 Å². The molecule has 0 heterocycles. The number of hydrogen-bond acceptors (Lipinski definition) is 4. The first kappa shape index (κ1) is 22.3. The maximum absolute atomic E-state index is 12.5. The van der Waals surface area contributed by atoms with Crippen molar-refractivity contribution >= 4 is 50.5 Å². The van der Waals surface area contributed by atoms with Crippen LogP contribution in [0.1, 0.15) is 22.8 Å². The van der Waals surface area contributed by atoms with Gasteiger partial charge in [-0.25, -0.2) is 8.42 Å². The lowest BCUT2D eigenvalue weighted by molar-refractivity contribution is -0.114. The Balaban J connectivity index is 1.71. The van der Waals surface area contributed by atoms with Gasteiger partial charge in [-0.1, -0.05) is 29.3 Å². The van der Waals surface area contributed by atoms with Gasteiger partial charge in [-0.15, -0.1) is 0 Å². The summed E-state index contributed by atoms with van der Waals surface area (Å²) in [4.78, 5) is 23.7. The van der Waals surface area contributed by atoms with Crippen LogP contribution in [0.2, 0.25) is 5.02 Å². The molecular formula is C22H20ClN3O4S. The second kappa shape index (κ2) is 9.20. The van der Waals surface area contributed by atoms with Crippen molar-refractivity contribution in [2.75, 3.05) is 15.4 Å². The first-order valence-electron chi connectivity index (χ1n) is 9.22. The molecule has 2 amide bonds. The molecule has 0 atom stereocenters. The van der Waals surface area contributed by atoms with Crippen LogP contribution >= 0.6 is 11.6 Å². The third-order valence-corrected chi connectivity index (χ3v) is 5.96. The molecule has 0 saturated carbocycles. The highest BCUT2D eigenvalue weighted by Gasteiger charge is 2.17. The van der Waals surface area contributed by atoms with Gasteiger partial charge in [-0.05, 0) is 61.5 Å². The number of carbonyl (C=O) groups is 2. The zero-order valence-corrected chi connectivity index (χ0v) is 18.3. The van der Waals surface area contributed by atoms with Gasteiger partial charge in [0, 0.05) is 23.9 Å². The van der Waals surface area contributed by atoms with Crippen molar-refractivity contribution in [1.29, 1.82) is 0 Å². The number of anilines is 3. The van der Waals surface area contributed by atoms with Crippen molar-refractivity contribution in [2.45, 2.75) is 18.7 Å². The second-order valence-electron chi connectivity index (χ2n) is 6.83. The van der Waals surface area contributed by atoms with Crippen molar-refractivity contribution in [2.24, 2.45) is 0 Å². The summed E-state index contributed by atoms with van der Waals surface area (Å²) < 4.78 is 27.5. The van der Waals surface area contributed by atoms with Crippen LogP contribution in [-0.2, 0) is 14.8 Å². The van der Waals surface area contributed by atoms with Gasteiger partial charge in [0.1, 0.15) is 0 Å². The van der Waals surface area contributed by atoms with Crippen molar-refractivity contribution in [1.82, 2.24) is 0 Å². The Morgan fingerprint density at radius 1 is 0.839 bits per heavy atom. The number of halogens is 1. The molecule has 0 aliphatic rings. The topological polar surface area (TPSA) is 104 Å². The molecule has 9 heteroatoms. The Morgan fingerprint density at radius 3 is 1.97 bits per heavy atom. The minimum absolute atomic E-state index is 0.0874. The summed E-state index contributed by atoms with van der Waals surface area (Å²) in [7, 11) is -3.81. The fraction of sp³-hybridized carbons (Fsp3) is 0.0909. The first-order chi connectivity index (χ1) is 14.6. The van der Waals surface area contributed by atoms with Crippen LogP contribution in [0.5, 0.6) is 0 Å². The number of nitrogens with one attached hydrogen (secondary N) is 3. The SMILES string of the molecule is CC(=O)Nc1ccc(NC(=O)c2ccc(NS(=O)(=O)c3ccc(C)cc3)c(Cl)c2)cc1. The molecule has 3 N–H and O–H groups in total. The van der Waals surface area contributed by atoms with Crippen LogP contribution in [0.3, 0.4) is 0 Å². The summed E-state index contributed by atoms with van der Waals surface area (Å²) in [6.07, 6.45) is 0. The molecule has 0 aliphatic heterocycles. The number of rotatable bonds is 6. The minimum Gasteiger partial charge on any atom is -0.326 e. The average Bonchev–Trinajstić information content (AvgIpc) is 2.71. The van der Waals surface area contributed by atoms with Crippen molar-refractivity contribution in [3.05, 3.63) is 82.9 Å². The Hall–Kier alpha value is -3.36. The molecule has 0 aliphatic carbocycles. The maximum atomic E-state index is 12.5. The molecule has 3 aromatic rings. The van der Waals surface area contributed by atoms with Gasteiger partial charge in [-0.3, -0.25) is 14.3 Å². The largest absolute Gasteiger partial charge is 0.326 e. The molecule has 3 aromatic carbocycles. The van der Waals surface area contributed by atoms with Crippen LogP contribution in [-0.4, -0.2) is 20.2 Å². The Labute approximate surface area is 185 Å². The lowest BCUT2D eigenvalue weighted by atomic mass is 10.2. The standard InChI is InChI=1S/C22H20ClN3O4S/c1-14-3-10-19(11-4-14)31(29,30)26-21-12-5-16(13-20(21)23)22(28)25-18-8-6-17(7-9-18)24-15(2)27/h3-13,26H,1-2H3,(H,24,27)(H,25,28). The summed E-state index contributed by atoms with van der Waals surface area (Å²) >= 11 is 6.22. The van der Waals surface area contributed by atoms with Crippen LogP contribution in [0.4, 0.5) is 17.1 Å². The summed E-state index contributed by atoms with van der Waals surface area (Å²) in [5.74, 6) is -0.605. The number of benzene rings is 3. The average molecular weight is 458 g/mol. The number of carbonyl (C=O) groups excluding carboxylic acids is 2. The third kappa shape index (κ3) is 5.84. The Kier molecular flexibility index (Phi) is 6.62.